The maximum Gasteiger partial charge on any atom is 0.251 e. The van der Waals surface area contributed by atoms with E-state index in [1.807, 2.05) is 0 Å². The van der Waals surface area contributed by atoms with E-state index in [4.69, 9.17) is 4.74 Å². The Kier molecular flexibility index (Phi) is 8.67. The van der Waals surface area contributed by atoms with Gasteiger partial charge in [-0.3, -0.25) is 9.59 Å². The van der Waals surface area contributed by atoms with E-state index in [1.54, 1.807) is 52.1 Å². The van der Waals surface area contributed by atoms with Crippen LogP contribution in [0.5, 0.6) is 5.75 Å². The van der Waals surface area contributed by atoms with Gasteiger partial charge in [-0.25, -0.2) is 17.5 Å². The van der Waals surface area contributed by atoms with Gasteiger partial charge in [-0.05, 0) is 87.0 Å². The highest BCUT2D eigenvalue weighted by atomic mass is 32.2. The van der Waals surface area contributed by atoms with Crippen molar-refractivity contribution in [2.24, 2.45) is 0 Å². The molecular weight excluding hydrogens is 497 g/mol. The summed E-state index contributed by atoms with van der Waals surface area (Å²) in [6.07, 6.45) is 0.171. The van der Waals surface area contributed by atoms with Crippen molar-refractivity contribution in [1.82, 2.24) is 10.0 Å². The normalized spacial score (nSPS) is 12.5. The van der Waals surface area contributed by atoms with Crippen LogP contribution in [0.2, 0.25) is 0 Å². The van der Waals surface area contributed by atoms with Crippen LogP contribution in [0.4, 0.5) is 10.1 Å². The second kappa shape index (κ2) is 11.5. The lowest BCUT2D eigenvalue weighted by atomic mass is 10.0. The first-order valence-corrected chi connectivity index (χ1v) is 13.0. The Bertz CT molecular complexity index is 1330. The molecule has 0 heterocycles. The molecule has 0 saturated carbocycles. The SMILES string of the molecule is COc1ccc(CC(NC(=O)c2ccc(F)cc2)C(=O)Nc2ccc(S(=O)(=O)NC(C)(C)C)cc2)cc1. The Morgan fingerprint density at radius 1 is 0.919 bits per heavy atom. The van der Waals surface area contributed by atoms with Gasteiger partial charge >= 0.3 is 0 Å². The summed E-state index contributed by atoms with van der Waals surface area (Å²) in [6.45, 7) is 5.22. The van der Waals surface area contributed by atoms with E-state index in [0.29, 0.717) is 11.4 Å². The summed E-state index contributed by atoms with van der Waals surface area (Å²) in [4.78, 5) is 26.0. The van der Waals surface area contributed by atoms with Gasteiger partial charge < -0.3 is 15.4 Å². The second-order valence-electron chi connectivity index (χ2n) is 9.45. The maximum atomic E-state index is 13.3. The van der Waals surface area contributed by atoms with Crippen molar-refractivity contribution in [3.63, 3.8) is 0 Å². The van der Waals surface area contributed by atoms with Crippen LogP contribution in [0.3, 0.4) is 0 Å². The van der Waals surface area contributed by atoms with Crippen LogP contribution >= 0.6 is 0 Å². The van der Waals surface area contributed by atoms with Gasteiger partial charge in [0, 0.05) is 23.2 Å². The van der Waals surface area contributed by atoms with Crippen molar-refractivity contribution in [2.45, 2.75) is 43.7 Å². The van der Waals surface area contributed by atoms with Gasteiger partial charge in [0.25, 0.3) is 5.91 Å². The molecule has 3 aromatic rings. The van der Waals surface area contributed by atoms with Crippen LogP contribution in [0.1, 0.15) is 36.7 Å². The monoisotopic (exact) mass is 527 g/mol. The van der Waals surface area contributed by atoms with Gasteiger partial charge in [-0.15, -0.1) is 0 Å². The third-order valence-corrected chi connectivity index (χ3v) is 6.97. The molecule has 0 bridgehead atoms. The average molecular weight is 528 g/mol. The number of hydrogen-bond donors (Lipinski definition) is 3. The predicted molar refractivity (Wildman–Crippen MR) is 139 cm³/mol. The molecular formula is C27H30FN3O5S. The van der Waals surface area contributed by atoms with Gasteiger partial charge in [0.1, 0.15) is 17.6 Å². The Labute approximate surface area is 216 Å². The fraction of sp³-hybridized carbons (Fsp3) is 0.259. The topological polar surface area (TPSA) is 114 Å². The fourth-order valence-corrected chi connectivity index (χ4v) is 4.88. The molecule has 8 nitrogen and oxygen atoms in total. The number of anilines is 1. The Balaban J connectivity index is 1.79. The molecule has 1 unspecified atom stereocenters. The number of carbonyl (C=O) groups is 2. The number of rotatable bonds is 9. The van der Waals surface area contributed by atoms with Gasteiger partial charge in [-0.2, -0.15) is 0 Å². The van der Waals surface area contributed by atoms with Gasteiger partial charge in [0.05, 0.1) is 12.0 Å². The minimum Gasteiger partial charge on any atom is -0.497 e. The average Bonchev–Trinajstić information content (AvgIpc) is 2.83. The van der Waals surface area contributed by atoms with Crippen LogP contribution in [-0.2, 0) is 21.2 Å². The molecule has 0 aromatic heterocycles. The van der Waals surface area contributed by atoms with E-state index >= 15 is 0 Å². The predicted octanol–water partition coefficient (Wildman–Crippen LogP) is 3.89. The summed E-state index contributed by atoms with van der Waals surface area (Å²) in [5.41, 5.74) is 0.684. The maximum absolute atomic E-state index is 13.3. The van der Waals surface area contributed by atoms with Gasteiger partial charge in [-0.1, -0.05) is 12.1 Å². The molecule has 0 aliphatic carbocycles. The Hall–Kier alpha value is -3.76. The molecule has 3 rings (SSSR count). The minimum absolute atomic E-state index is 0.0554. The Morgan fingerprint density at radius 3 is 2.05 bits per heavy atom. The molecule has 196 valence electrons. The van der Waals surface area contributed by atoms with E-state index in [0.717, 1.165) is 17.7 Å². The van der Waals surface area contributed by atoms with Crippen LogP contribution in [-0.4, -0.2) is 38.9 Å². The summed E-state index contributed by atoms with van der Waals surface area (Å²) in [7, 11) is -2.19. The highest BCUT2D eigenvalue weighted by Gasteiger charge is 2.24. The first-order chi connectivity index (χ1) is 17.4. The molecule has 0 radical (unpaired) electrons. The van der Waals surface area contributed by atoms with E-state index in [1.165, 1.54) is 36.4 Å². The zero-order valence-corrected chi connectivity index (χ0v) is 21.9. The summed E-state index contributed by atoms with van der Waals surface area (Å²) in [6, 6.07) is 16.8. The van der Waals surface area contributed by atoms with Gasteiger partial charge in [0.2, 0.25) is 15.9 Å². The Morgan fingerprint density at radius 2 is 1.51 bits per heavy atom. The lowest BCUT2D eigenvalue weighted by molar-refractivity contribution is -0.118. The summed E-state index contributed by atoms with van der Waals surface area (Å²) < 4.78 is 46.1. The molecule has 0 aliphatic heterocycles. The lowest BCUT2D eigenvalue weighted by Crippen LogP contribution is -2.45. The molecule has 1 atom stereocenters. The number of sulfonamides is 1. The lowest BCUT2D eigenvalue weighted by Gasteiger charge is -2.21. The number of ether oxygens (including phenoxy) is 1. The third kappa shape index (κ3) is 8.12. The van der Waals surface area contributed by atoms with E-state index in [2.05, 4.69) is 15.4 Å². The molecule has 3 N–H and O–H groups in total. The number of carbonyl (C=O) groups excluding carboxylic acids is 2. The van der Waals surface area contributed by atoms with Crippen molar-refractivity contribution in [3.05, 3.63) is 89.7 Å². The van der Waals surface area contributed by atoms with E-state index < -0.39 is 39.2 Å². The first-order valence-electron chi connectivity index (χ1n) is 11.5. The second-order valence-corrected chi connectivity index (χ2v) is 11.1. The summed E-state index contributed by atoms with van der Waals surface area (Å²) in [5, 5.41) is 5.42. The van der Waals surface area contributed by atoms with Crippen LogP contribution in [0, 0.1) is 5.82 Å². The van der Waals surface area contributed by atoms with Crippen molar-refractivity contribution >= 4 is 27.5 Å². The number of nitrogens with one attached hydrogen (secondary N) is 3. The van der Waals surface area contributed by atoms with E-state index in [-0.39, 0.29) is 16.9 Å². The van der Waals surface area contributed by atoms with Crippen LogP contribution < -0.4 is 20.1 Å². The van der Waals surface area contributed by atoms with Crippen molar-refractivity contribution in [2.75, 3.05) is 12.4 Å². The number of hydrogen-bond acceptors (Lipinski definition) is 5. The highest BCUT2D eigenvalue weighted by molar-refractivity contribution is 7.89. The van der Waals surface area contributed by atoms with Crippen LogP contribution in [0.15, 0.2) is 77.7 Å². The third-order valence-electron chi connectivity index (χ3n) is 5.20. The number of halogens is 1. The van der Waals surface area contributed by atoms with Crippen molar-refractivity contribution < 1.29 is 27.1 Å². The van der Waals surface area contributed by atoms with Crippen molar-refractivity contribution in [1.29, 1.82) is 0 Å². The number of amides is 2. The fourth-order valence-electron chi connectivity index (χ4n) is 3.46. The number of methoxy groups -OCH3 is 1. The molecule has 0 fully saturated rings. The zero-order valence-electron chi connectivity index (χ0n) is 21.0. The quantitative estimate of drug-likeness (QED) is 0.391. The molecule has 2 amide bonds. The molecule has 3 aromatic carbocycles. The van der Waals surface area contributed by atoms with E-state index in [9.17, 15) is 22.4 Å². The first kappa shape index (κ1) is 27.8. The number of benzene rings is 3. The molecule has 0 saturated heterocycles. The molecule has 37 heavy (non-hydrogen) atoms. The largest absolute Gasteiger partial charge is 0.497 e. The van der Waals surface area contributed by atoms with Crippen molar-refractivity contribution in [3.8, 4) is 5.75 Å². The van der Waals surface area contributed by atoms with Gasteiger partial charge in [0.15, 0.2) is 0 Å². The van der Waals surface area contributed by atoms with Crippen LogP contribution in [0.25, 0.3) is 0 Å². The molecule has 0 spiro atoms. The molecule has 10 heteroatoms. The summed E-state index contributed by atoms with van der Waals surface area (Å²) in [5.74, 6) is -0.874. The summed E-state index contributed by atoms with van der Waals surface area (Å²) >= 11 is 0. The minimum atomic E-state index is -3.73. The standard InChI is InChI=1S/C27H30FN3O5S/c1-27(2,3)31-37(34,35)23-15-11-21(12-16-23)29-26(33)24(17-18-5-13-22(36-4)14-6-18)30-25(32)19-7-9-20(28)10-8-19/h5-16,24,31H,17H2,1-4H3,(H,29,33)(H,30,32). The highest BCUT2D eigenvalue weighted by Crippen LogP contribution is 2.18. The molecule has 0 aliphatic rings. The zero-order chi connectivity index (χ0) is 27.2. The smallest absolute Gasteiger partial charge is 0.251 e.